The lowest BCUT2D eigenvalue weighted by atomic mass is 9.90. The normalized spacial score (nSPS) is 14.4. The average molecular weight is 558 g/mol. The molecule has 5 nitrogen and oxygen atoms in total. The van der Waals surface area contributed by atoms with Crippen LogP contribution in [0.2, 0.25) is 0 Å². The summed E-state index contributed by atoms with van der Waals surface area (Å²) in [6, 6.07) is 13.6. The van der Waals surface area contributed by atoms with E-state index >= 15 is 0 Å². The molecule has 2 aromatic carbocycles. The number of aryl methyl sites for hydroxylation is 1. The number of hydrogen-bond acceptors (Lipinski definition) is 5. The highest BCUT2D eigenvalue weighted by Gasteiger charge is 2.34. The lowest BCUT2D eigenvalue weighted by molar-refractivity contribution is -0.141. The fourth-order valence-corrected chi connectivity index (χ4v) is 4.79. The van der Waals surface area contributed by atoms with Gasteiger partial charge in [0.25, 0.3) is 0 Å². The first-order chi connectivity index (χ1) is 19.0. The molecular formula is C29H25F6N5. The minimum absolute atomic E-state index is 0.107. The highest BCUT2D eigenvalue weighted by molar-refractivity contribution is 5.75. The Morgan fingerprint density at radius 1 is 0.825 bits per heavy atom. The Balaban J connectivity index is 1.47. The number of anilines is 3. The highest BCUT2D eigenvalue weighted by atomic mass is 19.4. The van der Waals surface area contributed by atoms with E-state index in [9.17, 15) is 26.3 Å². The number of pyridine rings is 1. The molecule has 2 aromatic heterocycles. The number of aromatic nitrogens is 3. The third-order valence-electron chi connectivity index (χ3n) is 6.88. The summed E-state index contributed by atoms with van der Waals surface area (Å²) in [5, 5.41) is 6.25. The Labute approximate surface area is 226 Å². The summed E-state index contributed by atoms with van der Waals surface area (Å²) < 4.78 is 79.5. The first kappa shape index (κ1) is 27.4. The maximum Gasteiger partial charge on any atom is 0.433 e. The quantitative estimate of drug-likeness (QED) is 0.233. The van der Waals surface area contributed by atoms with Crippen LogP contribution in [0.5, 0.6) is 0 Å². The Morgan fingerprint density at radius 3 is 2.30 bits per heavy atom. The summed E-state index contributed by atoms with van der Waals surface area (Å²) in [4.78, 5) is 12.4. The molecule has 1 aliphatic rings. The largest absolute Gasteiger partial charge is 0.433 e. The summed E-state index contributed by atoms with van der Waals surface area (Å²) in [7, 11) is 0. The topological polar surface area (TPSA) is 62.7 Å². The van der Waals surface area contributed by atoms with Crippen LogP contribution < -0.4 is 10.6 Å². The van der Waals surface area contributed by atoms with Crippen LogP contribution in [0.25, 0.3) is 11.3 Å². The van der Waals surface area contributed by atoms with E-state index in [0.717, 1.165) is 49.6 Å². The number of nitrogens with one attached hydrogen (secondary N) is 2. The lowest BCUT2D eigenvalue weighted by Crippen LogP contribution is -2.14. The highest BCUT2D eigenvalue weighted by Crippen LogP contribution is 2.36. The van der Waals surface area contributed by atoms with Gasteiger partial charge in [-0.05, 0) is 79.6 Å². The van der Waals surface area contributed by atoms with Gasteiger partial charge in [-0.1, -0.05) is 24.3 Å². The standard InChI is InChI=1S/C29H25F6N5/c1-17(18-9-11-20(12-10-18)28(30,31)32)38-27-22(13-14-25(40-27)29(33,34)35)24-15-26(37-16-36-24)39-23-8-4-6-19-5-2-3-7-21(19)23/h4,6,8-17H,2-3,5,7H2,1H3,(H,38,40)(H,36,37,39). The van der Waals surface area contributed by atoms with Crippen molar-refractivity contribution in [3.8, 4) is 11.3 Å². The van der Waals surface area contributed by atoms with Gasteiger partial charge < -0.3 is 10.6 Å². The maximum atomic E-state index is 13.5. The van der Waals surface area contributed by atoms with Crippen molar-refractivity contribution in [1.29, 1.82) is 0 Å². The van der Waals surface area contributed by atoms with Gasteiger partial charge in [0, 0.05) is 23.4 Å². The van der Waals surface area contributed by atoms with Crippen molar-refractivity contribution < 1.29 is 26.3 Å². The second-order valence-corrected chi connectivity index (χ2v) is 9.64. The van der Waals surface area contributed by atoms with Gasteiger partial charge in [-0.15, -0.1) is 0 Å². The fraction of sp³-hybridized carbons (Fsp3) is 0.276. The van der Waals surface area contributed by atoms with E-state index in [-0.39, 0.29) is 11.4 Å². The van der Waals surface area contributed by atoms with Gasteiger partial charge >= 0.3 is 12.4 Å². The van der Waals surface area contributed by atoms with E-state index in [1.54, 1.807) is 13.0 Å². The van der Waals surface area contributed by atoms with Gasteiger partial charge in [0.05, 0.1) is 11.3 Å². The van der Waals surface area contributed by atoms with Crippen molar-refractivity contribution >= 4 is 17.3 Å². The van der Waals surface area contributed by atoms with Gasteiger partial charge in [-0.2, -0.15) is 26.3 Å². The second kappa shape index (κ2) is 10.8. The van der Waals surface area contributed by atoms with Crippen LogP contribution >= 0.6 is 0 Å². The number of fused-ring (bicyclic) bond motifs is 1. The van der Waals surface area contributed by atoms with Crippen molar-refractivity contribution in [2.75, 3.05) is 10.6 Å². The van der Waals surface area contributed by atoms with Crippen molar-refractivity contribution in [3.63, 3.8) is 0 Å². The molecule has 40 heavy (non-hydrogen) atoms. The fourth-order valence-electron chi connectivity index (χ4n) is 4.79. The number of rotatable bonds is 6. The zero-order valence-corrected chi connectivity index (χ0v) is 21.4. The van der Waals surface area contributed by atoms with Crippen LogP contribution in [0.15, 0.2) is 67.0 Å². The number of hydrogen-bond donors (Lipinski definition) is 2. The summed E-state index contributed by atoms with van der Waals surface area (Å²) >= 11 is 0. The average Bonchev–Trinajstić information content (AvgIpc) is 2.92. The van der Waals surface area contributed by atoms with Crippen molar-refractivity contribution in [1.82, 2.24) is 15.0 Å². The van der Waals surface area contributed by atoms with Crippen LogP contribution in [0, 0.1) is 0 Å². The Hall–Kier alpha value is -4.15. The third kappa shape index (κ3) is 6.03. The zero-order chi connectivity index (χ0) is 28.5. The van der Waals surface area contributed by atoms with Crippen LogP contribution in [-0.4, -0.2) is 15.0 Å². The monoisotopic (exact) mass is 557 g/mol. The van der Waals surface area contributed by atoms with E-state index in [1.807, 2.05) is 12.1 Å². The molecule has 0 radical (unpaired) electrons. The molecule has 0 aliphatic heterocycles. The van der Waals surface area contributed by atoms with Crippen LogP contribution in [0.1, 0.15) is 53.8 Å². The molecule has 1 unspecified atom stereocenters. The molecule has 0 saturated carbocycles. The van der Waals surface area contributed by atoms with E-state index in [2.05, 4.69) is 31.7 Å². The Bertz CT molecular complexity index is 1500. The van der Waals surface area contributed by atoms with E-state index in [4.69, 9.17) is 0 Å². The molecule has 0 saturated heterocycles. The molecule has 11 heteroatoms. The summed E-state index contributed by atoms with van der Waals surface area (Å²) in [5.74, 6) is 0.356. The number of alkyl halides is 6. The molecular weight excluding hydrogens is 532 g/mol. The molecule has 0 bridgehead atoms. The van der Waals surface area contributed by atoms with E-state index in [0.29, 0.717) is 17.1 Å². The minimum atomic E-state index is -4.70. The van der Waals surface area contributed by atoms with Crippen molar-refractivity contribution in [2.24, 2.45) is 0 Å². The van der Waals surface area contributed by atoms with Crippen molar-refractivity contribution in [2.45, 2.75) is 51.0 Å². The van der Waals surface area contributed by atoms with Crippen LogP contribution in [0.3, 0.4) is 0 Å². The lowest BCUT2D eigenvalue weighted by Gasteiger charge is -2.21. The van der Waals surface area contributed by atoms with Gasteiger partial charge in [0.2, 0.25) is 0 Å². The molecule has 1 atom stereocenters. The van der Waals surface area contributed by atoms with E-state index in [1.165, 1.54) is 35.7 Å². The maximum absolute atomic E-state index is 13.5. The van der Waals surface area contributed by atoms with E-state index < -0.39 is 29.7 Å². The molecule has 1 aliphatic carbocycles. The summed E-state index contributed by atoms with van der Waals surface area (Å²) in [5.41, 5.74) is 2.54. The SMILES string of the molecule is CC(Nc1nc(C(F)(F)F)ccc1-c1cc(Nc2cccc3c2CCCC3)ncn1)c1ccc(C(F)(F)F)cc1. The molecule has 0 spiro atoms. The van der Waals surface area contributed by atoms with Gasteiger partial charge in [0.15, 0.2) is 0 Å². The minimum Gasteiger partial charge on any atom is -0.363 e. The van der Waals surface area contributed by atoms with Crippen LogP contribution in [0.4, 0.5) is 43.7 Å². The van der Waals surface area contributed by atoms with Gasteiger partial charge in [-0.3, -0.25) is 0 Å². The molecule has 2 heterocycles. The first-order valence-electron chi connectivity index (χ1n) is 12.7. The summed E-state index contributed by atoms with van der Waals surface area (Å²) in [6.45, 7) is 1.62. The number of benzene rings is 2. The van der Waals surface area contributed by atoms with Gasteiger partial charge in [0.1, 0.15) is 23.7 Å². The molecule has 2 N–H and O–H groups in total. The molecule has 4 aromatic rings. The van der Waals surface area contributed by atoms with Crippen LogP contribution in [-0.2, 0) is 25.2 Å². The van der Waals surface area contributed by atoms with Crippen molar-refractivity contribution in [3.05, 3.63) is 94.9 Å². The predicted molar refractivity (Wildman–Crippen MR) is 140 cm³/mol. The molecule has 208 valence electrons. The Morgan fingerprint density at radius 2 is 1.57 bits per heavy atom. The van der Waals surface area contributed by atoms with Gasteiger partial charge in [-0.25, -0.2) is 15.0 Å². The zero-order valence-electron chi connectivity index (χ0n) is 21.4. The first-order valence-corrected chi connectivity index (χ1v) is 12.7. The third-order valence-corrected chi connectivity index (χ3v) is 6.88. The molecule has 0 fully saturated rings. The predicted octanol–water partition coefficient (Wildman–Crippen LogP) is 8.37. The molecule has 0 amide bonds. The smallest absolute Gasteiger partial charge is 0.363 e. The molecule has 5 rings (SSSR count). The second-order valence-electron chi connectivity index (χ2n) is 9.64. The summed E-state index contributed by atoms with van der Waals surface area (Å²) in [6.07, 6.45) is -3.72. The Kier molecular flexibility index (Phi) is 7.39. The number of halogens is 6. The number of nitrogens with zero attached hydrogens (tertiary/aromatic N) is 3.